The maximum absolute atomic E-state index is 11.4. The van der Waals surface area contributed by atoms with Crippen molar-refractivity contribution in [2.24, 2.45) is 0 Å². The quantitative estimate of drug-likeness (QED) is 0.208. The molecule has 2 aromatic heterocycles. The summed E-state index contributed by atoms with van der Waals surface area (Å²) in [6.07, 6.45) is 0.680. The Balaban J connectivity index is 1.33. The van der Waals surface area contributed by atoms with Gasteiger partial charge in [0, 0.05) is 28.6 Å². The Bertz CT molecular complexity index is 1390. The van der Waals surface area contributed by atoms with Gasteiger partial charge >= 0.3 is 5.97 Å². The predicted octanol–water partition coefficient (Wildman–Crippen LogP) is 6.35. The molecule has 9 heteroatoms. The molecule has 2 heterocycles. The molecule has 0 bridgehead atoms. The number of carbonyl (C=O) groups is 1. The summed E-state index contributed by atoms with van der Waals surface area (Å²) < 4.78 is 23.0. The number of carboxylic acid groups (broad SMARTS) is 1. The van der Waals surface area contributed by atoms with Gasteiger partial charge in [0.15, 0.2) is 11.5 Å². The van der Waals surface area contributed by atoms with E-state index < -0.39 is 11.9 Å². The van der Waals surface area contributed by atoms with Crippen molar-refractivity contribution in [2.45, 2.75) is 40.0 Å². The van der Waals surface area contributed by atoms with Crippen molar-refractivity contribution in [3.63, 3.8) is 0 Å². The van der Waals surface area contributed by atoms with Crippen LogP contribution in [0.25, 0.3) is 21.5 Å². The van der Waals surface area contributed by atoms with Crippen LogP contribution >= 0.6 is 11.3 Å². The molecule has 196 valence electrons. The summed E-state index contributed by atoms with van der Waals surface area (Å²) in [5.41, 5.74) is 3.49. The Morgan fingerprint density at radius 2 is 1.86 bits per heavy atom. The molecule has 0 radical (unpaired) electrons. The average molecular weight is 525 g/mol. The van der Waals surface area contributed by atoms with Crippen LogP contribution in [0.2, 0.25) is 0 Å². The highest BCUT2D eigenvalue weighted by Crippen LogP contribution is 2.37. The minimum atomic E-state index is -0.855. The first kappa shape index (κ1) is 26.3. The molecule has 0 aliphatic rings. The molecular weight excluding hydrogens is 492 g/mol. The van der Waals surface area contributed by atoms with Crippen LogP contribution in [-0.4, -0.2) is 48.0 Å². The van der Waals surface area contributed by atoms with Crippen LogP contribution in [-0.2, 0) is 4.79 Å². The lowest BCUT2D eigenvalue weighted by atomic mass is 10.0. The summed E-state index contributed by atoms with van der Waals surface area (Å²) in [7, 11) is 1.62. The molecule has 2 N–H and O–H groups in total. The van der Waals surface area contributed by atoms with Gasteiger partial charge in [-0.05, 0) is 69.7 Å². The molecule has 1 atom stereocenters. The van der Waals surface area contributed by atoms with Gasteiger partial charge in [-0.3, -0.25) is 4.79 Å². The Morgan fingerprint density at radius 3 is 2.59 bits per heavy atom. The number of aryl methyl sites for hydroxylation is 2. The summed E-state index contributed by atoms with van der Waals surface area (Å²) in [5, 5.41) is 11.2. The highest BCUT2D eigenvalue weighted by atomic mass is 32.1. The summed E-state index contributed by atoms with van der Waals surface area (Å²) in [5.74, 6) is 1.25. The summed E-state index contributed by atoms with van der Waals surface area (Å²) in [4.78, 5) is 20.2. The molecule has 0 fully saturated rings. The largest absolute Gasteiger partial charge is 0.493 e. The van der Waals surface area contributed by atoms with Crippen LogP contribution < -0.4 is 18.9 Å². The number of methoxy groups -OCH3 is 1. The standard InChI is InChI=1S/C28H32N2O6S/c1-6-34-26-18(4)37-27(30-26)19-8-11-23(24(14-19)33-5)36-13-7-12-35-20-9-10-22-21(15-20)16(2)25(29-22)17(3)28(31)32/h8-11,14-15,17,29H,6-7,12-13H2,1-5H3,(H,31,32). The molecule has 0 saturated carbocycles. The van der Waals surface area contributed by atoms with Gasteiger partial charge in [0.25, 0.3) is 0 Å². The molecule has 8 nitrogen and oxygen atoms in total. The predicted molar refractivity (Wildman–Crippen MR) is 145 cm³/mol. The fourth-order valence-electron chi connectivity index (χ4n) is 4.10. The van der Waals surface area contributed by atoms with E-state index in [0.717, 1.165) is 37.7 Å². The van der Waals surface area contributed by atoms with E-state index in [1.807, 2.05) is 57.2 Å². The zero-order chi connectivity index (χ0) is 26.5. The summed E-state index contributed by atoms with van der Waals surface area (Å²) >= 11 is 1.58. The SMILES string of the molecule is CCOc1nc(-c2ccc(OCCCOc3ccc4[nH]c(C(C)C(=O)O)c(C)c4c3)c(OC)c2)sc1C. The number of aliphatic carboxylic acids is 1. The van der Waals surface area contributed by atoms with Gasteiger partial charge < -0.3 is 29.0 Å². The molecule has 37 heavy (non-hydrogen) atoms. The van der Waals surface area contributed by atoms with Crippen molar-refractivity contribution < 1.29 is 28.8 Å². The molecule has 1 unspecified atom stereocenters. The van der Waals surface area contributed by atoms with Gasteiger partial charge in [0.2, 0.25) is 5.88 Å². The van der Waals surface area contributed by atoms with Crippen LogP contribution in [0.3, 0.4) is 0 Å². The number of benzene rings is 2. The van der Waals surface area contributed by atoms with Crippen molar-refractivity contribution in [1.82, 2.24) is 9.97 Å². The van der Waals surface area contributed by atoms with E-state index in [2.05, 4.69) is 9.97 Å². The Morgan fingerprint density at radius 1 is 1.08 bits per heavy atom. The monoisotopic (exact) mass is 524 g/mol. The number of hydrogen-bond acceptors (Lipinski definition) is 7. The number of ether oxygens (including phenoxy) is 4. The fourth-order valence-corrected chi connectivity index (χ4v) is 4.96. The lowest BCUT2D eigenvalue weighted by Gasteiger charge is -2.12. The average Bonchev–Trinajstić information content (AvgIpc) is 3.42. The zero-order valence-electron chi connectivity index (χ0n) is 21.7. The minimum Gasteiger partial charge on any atom is -0.493 e. The molecule has 2 aromatic carbocycles. The lowest BCUT2D eigenvalue weighted by Crippen LogP contribution is -2.08. The Kier molecular flexibility index (Phi) is 8.23. The van der Waals surface area contributed by atoms with E-state index in [-0.39, 0.29) is 0 Å². The van der Waals surface area contributed by atoms with Crippen LogP contribution in [0.1, 0.15) is 42.3 Å². The third-order valence-electron chi connectivity index (χ3n) is 6.13. The molecule has 4 aromatic rings. The van der Waals surface area contributed by atoms with E-state index in [1.54, 1.807) is 25.4 Å². The second-order valence-corrected chi connectivity index (χ2v) is 9.86. The fraction of sp³-hybridized carbons (Fsp3) is 0.357. The highest BCUT2D eigenvalue weighted by Gasteiger charge is 2.20. The van der Waals surface area contributed by atoms with Gasteiger partial charge in [-0.2, -0.15) is 0 Å². The molecule has 0 aliphatic heterocycles. The maximum atomic E-state index is 11.4. The Hall–Kier alpha value is -3.72. The summed E-state index contributed by atoms with van der Waals surface area (Å²) in [6.45, 7) is 9.07. The Labute approximate surface area is 220 Å². The van der Waals surface area contributed by atoms with Crippen LogP contribution in [0, 0.1) is 13.8 Å². The van der Waals surface area contributed by atoms with Gasteiger partial charge in [-0.1, -0.05) is 0 Å². The number of hydrogen-bond donors (Lipinski definition) is 2. The number of aromatic nitrogens is 2. The zero-order valence-corrected chi connectivity index (χ0v) is 22.5. The number of nitrogens with zero attached hydrogens (tertiary/aromatic N) is 1. The normalized spacial score (nSPS) is 11.9. The van der Waals surface area contributed by atoms with E-state index in [1.165, 1.54) is 0 Å². The second-order valence-electron chi connectivity index (χ2n) is 8.66. The number of nitrogens with one attached hydrogen (secondary N) is 1. The van der Waals surface area contributed by atoms with E-state index >= 15 is 0 Å². The number of H-pyrrole nitrogens is 1. The van der Waals surface area contributed by atoms with Gasteiger partial charge in [-0.15, -0.1) is 11.3 Å². The number of aromatic amines is 1. The van der Waals surface area contributed by atoms with Gasteiger partial charge in [0.1, 0.15) is 10.8 Å². The molecule has 0 saturated heterocycles. The first-order valence-corrected chi connectivity index (χ1v) is 13.0. The third-order valence-corrected chi connectivity index (χ3v) is 7.13. The highest BCUT2D eigenvalue weighted by molar-refractivity contribution is 7.15. The minimum absolute atomic E-state index is 0.465. The molecule has 0 aliphatic carbocycles. The second kappa shape index (κ2) is 11.6. The van der Waals surface area contributed by atoms with Crippen molar-refractivity contribution in [2.75, 3.05) is 26.9 Å². The van der Waals surface area contributed by atoms with Crippen LogP contribution in [0.4, 0.5) is 0 Å². The molecule has 4 rings (SSSR count). The number of rotatable bonds is 12. The number of fused-ring (bicyclic) bond motifs is 1. The molecule has 0 spiro atoms. The third kappa shape index (κ3) is 5.83. The first-order chi connectivity index (χ1) is 17.8. The van der Waals surface area contributed by atoms with Crippen LogP contribution in [0.5, 0.6) is 23.1 Å². The van der Waals surface area contributed by atoms with Gasteiger partial charge in [0.05, 0.1) is 37.7 Å². The smallest absolute Gasteiger partial charge is 0.312 e. The number of thiazole rings is 1. The maximum Gasteiger partial charge on any atom is 0.312 e. The van der Waals surface area contributed by atoms with Crippen LogP contribution in [0.15, 0.2) is 36.4 Å². The van der Waals surface area contributed by atoms with Crippen molar-refractivity contribution in [3.8, 4) is 33.7 Å². The van der Waals surface area contributed by atoms with Gasteiger partial charge in [-0.25, -0.2) is 4.98 Å². The molecular formula is C28H32N2O6S. The van der Waals surface area contributed by atoms with Crippen molar-refractivity contribution in [3.05, 3.63) is 52.5 Å². The van der Waals surface area contributed by atoms with E-state index in [0.29, 0.717) is 49.3 Å². The molecule has 0 amide bonds. The van der Waals surface area contributed by atoms with Crippen molar-refractivity contribution in [1.29, 1.82) is 0 Å². The van der Waals surface area contributed by atoms with Crippen molar-refractivity contribution >= 4 is 28.2 Å². The number of carboxylic acids is 1. The lowest BCUT2D eigenvalue weighted by molar-refractivity contribution is -0.138. The van der Waals surface area contributed by atoms with E-state index in [4.69, 9.17) is 18.9 Å². The van der Waals surface area contributed by atoms with E-state index in [9.17, 15) is 9.90 Å². The summed E-state index contributed by atoms with van der Waals surface area (Å²) in [6, 6.07) is 11.5. The first-order valence-electron chi connectivity index (χ1n) is 12.2. The topological polar surface area (TPSA) is 103 Å².